The first kappa shape index (κ1) is 14.2. The Morgan fingerprint density at radius 2 is 1.94 bits per heavy atom. The lowest BCUT2D eigenvalue weighted by atomic mass is 9.97. The molecule has 0 saturated carbocycles. The number of unbranched alkanes of at least 4 members (excludes halogenated alkanes) is 4. The Labute approximate surface area is 106 Å². The van der Waals surface area contributed by atoms with Crippen LogP contribution >= 0.6 is 0 Å². The Morgan fingerprint density at radius 1 is 1.18 bits per heavy atom. The lowest BCUT2D eigenvalue weighted by molar-refractivity contribution is 0.552. The highest BCUT2D eigenvalue weighted by Gasteiger charge is 2.09. The molecule has 0 aromatic carbocycles. The second-order valence-electron chi connectivity index (χ2n) is 4.74. The zero-order chi connectivity index (χ0) is 12.5. The molecule has 96 valence electrons. The minimum atomic E-state index is 0.189. The van der Waals surface area contributed by atoms with Crippen LogP contribution in [0, 0.1) is 0 Å². The Morgan fingerprint density at radius 3 is 2.65 bits per heavy atom. The van der Waals surface area contributed by atoms with Gasteiger partial charge in [-0.15, -0.1) is 0 Å². The summed E-state index contributed by atoms with van der Waals surface area (Å²) in [5, 5.41) is 0. The summed E-state index contributed by atoms with van der Waals surface area (Å²) in [5.74, 6) is 0. The summed E-state index contributed by atoms with van der Waals surface area (Å²) in [6.45, 7) is 4.41. The van der Waals surface area contributed by atoms with Crippen LogP contribution in [0.5, 0.6) is 0 Å². The summed E-state index contributed by atoms with van der Waals surface area (Å²) in [6, 6.07) is 2.27. The number of hydrogen-bond donors (Lipinski definition) is 1. The molecule has 2 heteroatoms. The first-order chi connectivity index (χ1) is 8.29. The van der Waals surface area contributed by atoms with Gasteiger partial charge >= 0.3 is 0 Å². The number of nitrogens with two attached hydrogens (primary N) is 1. The zero-order valence-corrected chi connectivity index (χ0v) is 11.3. The number of hydrogen-bond acceptors (Lipinski definition) is 2. The van der Waals surface area contributed by atoms with Crippen LogP contribution in [0.3, 0.4) is 0 Å². The van der Waals surface area contributed by atoms with Gasteiger partial charge in [0.2, 0.25) is 0 Å². The number of aryl methyl sites for hydroxylation is 1. The van der Waals surface area contributed by atoms with Gasteiger partial charge < -0.3 is 5.73 Å². The van der Waals surface area contributed by atoms with Crippen LogP contribution in [-0.4, -0.2) is 4.98 Å². The Kier molecular flexibility index (Phi) is 6.87. The molecule has 0 aliphatic rings. The van der Waals surface area contributed by atoms with Crippen molar-refractivity contribution in [2.24, 2.45) is 5.73 Å². The van der Waals surface area contributed by atoms with Crippen LogP contribution < -0.4 is 5.73 Å². The topological polar surface area (TPSA) is 38.9 Å². The summed E-state index contributed by atoms with van der Waals surface area (Å²) < 4.78 is 0. The Bertz CT molecular complexity index is 310. The molecule has 0 saturated heterocycles. The minimum absolute atomic E-state index is 0.189. The maximum atomic E-state index is 6.26. The predicted octanol–water partition coefficient (Wildman–Crippen LogP) is 4.00. The Hall–Kier alpha value is -0.890. The number of rotatable bonds is 8. The highest BCUT2D eigenvalue weighted by molar-refractivity contribution is 5.26. The van der Waals surface area contributed by atoms with Gasteiger partial charge in [0.05, 0.1) is 0 Å². The molecule has 1 heterocycles. The van der Waals surface area contributed by atoms with Gasteiger partial charge in [-0.3, -0.25) is 4.98 Å². The molecule has 0 spiro atoms. The van der Waals surface area contributed by atoms with Crippen LogP contribution in [0.15, 0.2) is 18.5 Å². The van der Waals surface area contributed by atoms with E-state index in [9.17, 15) is 0 Å². The van der Waals surface area contributed by atoms with Crippen LogP contribution in [-0.2, 0) is 6.42 Å². The number of pyridine rings is 1. The van der Waals surface area contributed by atoms with E-state index in [0.717, 1.165) is 12.8 Å². The van der Waals surface area contributed by atoms with Gasteiger partial charge in [0.25, 0.3) is 0 Å². The molecule has 1 aromatic rings. The van der Waals surface area contributed by atoms with Gasteiger partial charge in [-0.1, -0.05) is 46.0 Å². The fraction of sp³-hybridized carbons (Fsp3) is 0.667. The number of aromatic nitrogens is 1. The second kappa shape index (κ2) is 8.24. The van der Waals surface area contributed by atoms with Crippen LogP contribution in [0.1, 0.15) is 69.5 Å². The molecule has 1 aromatic heterocycles. The first-order valence-electron chi connectivity index (χ1n) is 6.98. The van der Waals surface area contributed by atoms with Crippen LogP contribution in [0.25, 0.3) is 0 Å². The van der Waals surface area contributed by atoms with Crippen molar-refractivity contribution in [3.8, 4) is 0 Å². The average molecular weight is 234 g/mol. The minimum Gasteiger partial charge on any atom is -0.324 e. The van der Waals surface area contributed by atoms with Crippen molar-refractivity contribution in [1.82, 2.24) is 4.98 Å². The molecule has 0 amide bonds. The molecule has 1 atom stereocenters. The van der Waals surface area contributed by atoms with Crippen LogP contribution in [0.4, 0.5) is 0 Å². The van der Waals surface area contributed by atoms with Crippen molar-refractivity contribution in [3.05, 3.63) is 29.6 Å². The smallest absolute Gasteiger partial charge is 0.0303 e. The maximum Gasteiger partial charge on any atom is 0.0303 e. The molecule has 0 fully saturated rings. The summed E-state index contributed by atoms with van der Waals surface area (Å²) in [4.78, 5) is 4.16. The van der Waals surface area contributed by atoms with Gasteiger partial charge in [0.15, 0.2) is 0 Å². The molecule has 2 N–H and O–H groups in total. The molecule has 17 heavy (non-hydrogen) atoms. The summed E-state index contributed by atoms with van der Waals surface area (Å²) in [6.07, 6.45) is 12.5. The largest absolute Gasteiger partial charge is 0.324 e. The third-order valence-corrected chi connectivity index (χ3v) is 3.34. The molecule has 0 aliphatic heterocycles. The monoisotopic (exact) mass is 234 g/mol. The van der Waals surface area contributed by atoms with Gasteiger partial charge in [-0.05, 0) is 30.0 Å². The van der Waals surface area contributed by atoms with Crippen molar-refractivity contribution in [1.29, 1.82) is 0 Å². The van der Waals surface area contributed by atoms with Crippen molar-refractivity contribution in [2.75, 3.05) is 0 Å². The average Bonchev–Trinajstić information content (AvgIpc) is 2.38. The highest BCUT2D eigenvalue weighted by atomic mass is 14.7. The molecular formula is C15H26N2. The molecular weight excluding hydrogens is 208 g/mol. The standard InChI is InChI=1S/C15H26N2/c1-3-5-6-7-8-9-15(16)14-10-11-17-12-13(14)4-2/h10-12,15H,3-9,16H2,1-2H3. The third-order valence-electron chi connectivity index (χ3n) is 3.34. The van der Waals surface area contributed by atoms with E-state index in [-0.39, 0.29) is 6.04 Å². The fourth-order valence-corrected chi connectivity index (χ4v) is 2.22. The summed E-state index contributed by atoms with van der Waals surface area (Å²) in [7, 11) is 0. The van der Waals surface area contributed by atoms with Crippen molar-refractivity contribution in [3.63, 3.8) is 0 Å². The van der Waals surface area contributed by atoms with Gasteiger partial charge in [-0.25, -0.2) is 0 Å². The van der Waals surface area contributed by atoms with E-state index in [1.165, 1.54) is 43.2 Å². The van der Waals surface area contributed by atoms with E-state index >= 15 is 0 Å². The molecule has 1 rings (SSSR count). The SMILES string of the molecule is CCCCCCCC(N)c1ccncc1CC. The second-order valence-corrected chi connectivity index (χ2v) is 4.74. The lowest BCUT2D eigenvalue weighted by Crippen LogP contribution is -2.12. The molecule has 1 unspecified atom stereocenters. The molecule has 0 aliphatic carbocycles. The maximum absolute atomic E-state index is 6.26. The highest BCUT2D eigenvalue weighted by Crippen LogP contribution is 2.21. The molecule has 0 bridgehead atoms. The van der Waals surface area contributed by atoms with E-state index in [4.69, 9.17) is 5.73 Å². The van der Waals surface area contributed by atoms with E-state index in [0.29, 0.717) is 0 Å². The number of nitrogens with zero attached hydrogens (tertiary/aromatic N) is 1. The Balaban J connectivity index is 2.38. The van der Waals surface area contributed by atoms with Crippen LogP contribution in [0.2, 0.25) is 0 Å². The van der Waals surface area contributed by atoms with E-state index < -0.39 is 0 Å². The van der Waals surface area contributed by atoms with Gasteiger partial charge in [0.1, 0.15) is 0 Å². The van der Waals surface area contributed by atoms with E-state index in [1.807, 2.05) is 12.4 Å². The zero-order valence-electron chi connectivity index (χ0n) is 11.3. The lowest BCUT2D eigenvalue weighted by Gasteiger charge is -2.15. The van der Waals surface area contributed by atoms with E-state index in [1.54, 1.807) is 0 Å². The van der Waals surface area contributed by atoms with Crippen molar-refractivity contribution < 1.29 is 0 Å². The molecule has 2 nitrogen and oxygen atoms in total. The summed E-state index contributed by atoms with van der Waals surface area (Å²) >= 11 is 0. The quantitative estimate of drug-likeness (QED) is 0.690. The van der Waals surface area contributed by atoms with Gasteiger partial charge in [0, 0.05) is 18.4 Å². The predicted molar refractivity (Wildman–Crippen MR) is 73.9 cm³/mol. The molecule has 0 radical (unpaired) electrons. The van der Waals surface area contributed by atoms with E-state index in [2.05, 4.69) is 24.9 Å². The van der Waals surface area contributed by atoms with Crippen molar-refractivity contribution >= 4 is 0 Å². The van der Waals surface area contributed by atoms with Crippen molar-refractivity contribution in [2.45, 2.75) is 64.8 Å². The third kappa shape index (κ3) is 4.86. The normalized spacial score (nSPS) is 12.6. The first-order valence-corrected chi connectivity index (χ1v) is 6.98. The van der Waals surface area contributed by atoms with Gasteiger partial charge in [-0.2, -0.15) is 0 Å². The fourth-order valence-electron chi connectivity index (χ4n) is 2.22. The summed E-state index contributed by atoms with van der Waals surface area (Å²) in [5.41, 5.74) is 8.85.